The van der Waals surface area contributed by atoms with Crippen molar-refractivity contribution in [3.63, 3.8) is 0 Å². The molecule has 2 atom stereocenters. The second kappa shape index (κ2) is 10.1. The zero-order valence-corrected chi connectivity index (χ0v) is 19.6. The van der Waals surface area contributed by atoms with Gasteiger partial charge in [0.2, 0.25) is 17.7 Å². The average molecular weight is 470 g/mol. The molecule has 1 aliphatic heterocycles. The molecule has 11 heteroatoms. The van der Waals surface area contributed by atoms with Crippen LogP contribution in [-0.2, 0) is 9.59 Å². The Balaban J connectivity index is 1.73. The molecule has 1 saturated carbocycles. The van der Waals surface area contributed by atoms with Gasteiger partial charge in [0.05, 0.1) is 38.4 Å². The van der Waals surface area contributed by atoms with Gasteiger partial charge in [0.15, 0.2) is 0 Å². The van der Waals surface area contributed by atoms with Gasteiger partial charge in [-0.15, -0.1) is 0 Å². The Morgan fingerprint density at radius 2 is 1.85 bits per heavy atom. The van der Waals surface area contributed by atoms with Crippen molar-refractivity contribution in [2.45, 2.75) is 50.0 Å². The topological polar surface area (TPSA) is 111 Å². The highest BCUT2D eigenvalue weighted by Gasteiger charge is 2.46. The zero-order valence-electron chi connectivity index (χ0n) is 19.6. The van der Waals surface area contributed by atoms with Crippen molar-refractivity contribution in [3.05, 3.63) is 11.8 Å². The molecule has 0 bridgehead atoms. The Bertz CT molecular complexity index is 839. The van der Waals surface area contributed by atoms with Crippen LogP contribution in [0.1, 0.15) is 43.7 Å². The van der Waals surface area contributed by atoms with E-state index in [9.17, 15) is 18.4 Å². The summed E-state index contributed by atoms with van der Waals surface area (Å²) in [5.41, 5.74) is 7.08. The summed E-state index contributed by atoms with van der Waals surface area (Å²) in [6, 6.07) is 0.843. The Morgan fingerprint density at radius 1 is 1.18 bits per heavy atom. The van der Waals surface area contributed by atoms with Crippen LogP contribution in [0.5, 0.6) is 11.9 Å². The minimum Gasteiger partial charge on any atom is -0.481 e. The van der Waals surface area contributed by atoms with Crippen molar-refractivity contribution in [2.24, 2.45) is 17.6 Å². The standard InChI is InChI=1S/C22H33F2N5O4/c1-28(2)19(30)17(18(25)20(31)29-10-9-22(23,24)12-29)14-7-5-13(6-8-14)15-11-16(32-3)27-21(26-15)33-4/h11,13-14,17-18H,5-10,12,25H2,1-4H3/t13?,14?,17-,18-/m0/s1. The molecule has 3 rings (SSSR count). The molecule has 2 aliphatic rings. The number of carbonyl (C=O) groups is 2. The van der Waals surface area contributed by atoms with Crippen molar-refractivity contribution in [3.8, 4) is 11.9 Å². The van der Waals surface area contributed by atoms with Crippen molar-refractivity contribution in [2.75, 3.05) is 41.4 Å². The Morgan fingerprint density at radius 3 is 2.36 bits per heavy atom. The predicted molar refractivity (Wildman–Crippen MR) is 116 cm³/mol. The molecule has 0 aromatic carbocycles. The van der Waals surface area contributed by atoms with E-state index in [4.69, 9.17) is 15.2 Å². The van der Waals surface area contributed by atoms with Crippen molar-refractivity contribution >= 4 is 11.8 Å². The molecular formula is C22H33F2N5O4. The zero-order chi connectivity index (χ0) is 24.3. The highest BCUT2D eigenvalue weighted by Crippen LogP contribution is 2.40. The number of rotatable bonds is 7. The van der Waals surface area contributed by atoms with E-state index in [0.717, 1.165) is 23.4 Å². The van der Waals surface area contributed by atoms with Crippen LogP contribution in [0, 0.1) is 11.8 Å². The SMILES string of the molecule is COc1cc(C2CCC([C@H](C(=O)N(C)C)[C@H](N)C(=O)N3CCC(F)(F)C3)CC2)nc(OC)n1. The molecule has 2 heterocycles. The molecular weight excluding hydrogens is 436 g/mol. The summed E-state index contributed by atoms with van der Waals surface area (Å²) in [5, 5.41) is 0. The van der Waals surface area contributed by atoms with E-state index in [-0.39, 0.29) is 36.7 Å². The summed E-state index contributed by atoms with van der Waals surface area (Å²) in [7, 11) is 6.24. The lowest BCUT2D eigenvalue weighted by Gasteiger charge is -2.37. The van der Waals surface area contributed by atoms with Gasteiger partial charge in [0, 0.05) is 39.0 Å². The van der Waals surface area contributed by atoms with Gasteiger partial charge in [-0.25, -0.2) is 8.78 Å². The number of likely N-dealkylation sites (tertiary alicyclic amines) is 1. The molecule has 0 unspecified atom stereocenters. The molecule has 1 aromatic heterocycles. The number of methoxy groups -OCH3 is 2. The molecule has 0 radical (unpaired) electrons. The fourth-order valence-corrected chi connectivity index (χ4v) is 4.83. The van der Waals surface area contributed by atoms with Crippen LogP contribution >= 0.6 is 0 Å². The summed E-state index contributed by atoms with van der Waals surface area (Å²) in [6.07, 6.45) is 2.39. The summed E-state index contributed by atoms with van der Waals surface area (Å²) in [6.45, 7) is -0.695. The Hall–Kier alpha value is -2.56. The number of amides is 2. The normalized spacial score (nSPS) is 24.2. The quantitative estimate of drug-likeness (QED) is 0.647. The number of nitrogens with zero attached hydrogens (tertiary/aromatic N) is 4. The summed E-state index contributed by atoms with van der Waals surface area (Å²) < 4.78 is 37.7. The highest BCUT2D eigenvalue weighted by atomic mass is 19.3. The van der Waals surface area contributed by atoms with Crippen LogP contribution in [0.3, 0.4) is 0 Å². The third-order valence-corrected chi connectivity index (χ3v) is 6.67. The maximum absolute atomic E-state index is 13.6. The highest BCUT2D eigenvalue weighted by molar-refractivity contribution is 5.90. The lowest BCUT2D eigenvalue weighted by atomic mass is 9.72. The Labute approximate surface area is 192 Å². The van der Waals surface area contributed by atoms with E-state index < -0.39 is 30.3 Å². The molecule has 2 N–H and O–H groups in total. The smallest absolute Gasteiger partial charge is 0.319 e. The van der Waals surface area contributed by atoms with E-state index in [1.807, 2.05) is 0 Å². The van der Waals surface area contributed by atoms with Crippen LogP contribution in [0.25, 0.3) is 0 Å². The van der Waals surface area contributed by atoms with Crippen LogP contribution in [0.2, 0.25) is 0 Å². The average Bonchev–Trinajstić information content (AvgIpc) is 3.17. The number of ether oxygens (including phenoxy) is 2. The first-order valence-corrected chi connectivity index (χ1v) is 11.2. The lowest BCUT2D eigenvalue weighted by Crippen LogP contribution is -2.54. The first kappa shape index (κ1) is 25.1. The second-order valence-electron chi connectivity index (χ2n) is 9.08. The first-order chi connectivity index (χ1) is 15.6. The van der Waals surface area contributed by atoms with Gasteiger partial charge in [0.1, 0.15) is 0 Å². The molecule has 184 valence electrons. The number of halogens is 2. The summed E-state index contributed by atoms with van der Waals surface area (Å²) in [4.78, 5) is 37.0. The van der Waals surface area contributed by atoms with Gasteiger partial charge in [0.25, 0.3) is 5.92 Å². The second-order valence-corrected chi connectivity index (χ2v) is 9.08. The minimum absolute atomic E-state index is 0.0491. The molecule has 1 saturated heterocycles. The Kier molecular flexibility index (Phi) is 7.71. The van der Waals surface area contributed by atoms with E-state index in [0.29, 0.717) is 18.7 Å². The van der Waals surface area contributed by atoms with Gasteiger partial charge in [-0.05, 0) is 31.6 Å². The number of alkyl halides is 2. The van der Waals surface area contributed by atoms with Crippen molar-refractivity contribution in [1.82, 2.24) is 19.8 Å². The van der Waals surface area contributed by atoms with Crippen LogP contribution in [-0.4, -0.2) is 85.0 Å². The third-order valence-electron chi connectivity index (χ3n) is 6.67. The van der Waals surface area contributed by atoms with E-state index in [2.05, 4.69) is 9.97 Å². The predicted octanol–water partition coefficient (Wildman–Crippen LogP) is 1.67. The molecule has 2 fully saturated rings. The molecule has 0 spiro atoms. The maximum atomic E-state index is 13.6. The van der Waals surface area contributed by atoms with E-state index in [1.54, 1.807) is 20.2 Å². The van der Waals surface area contributed by atoms with Gasteiger partial charge >= 0.3 is 6.01 Å². The molecule has 2 amide bonds. The van der Waals surface area contributed by atoms with Gasteiger partial charge in [-0.2, -0.15) is 9.97 Å². The van der Waals surface area contributed by atoms with Crippen LogP contribution in [0.4, 0.5) is 8.78 Å². The monoisotopic (exact) mass is 469 g/mol. The maximum Gasteiger partial charge on any atom is 0.319 e. The van der Waals surface area contributed by atoms with Crippen LogP contribution < -0.4 is 15.2 Å². The summed E-state index contributed by atoms with van der Waals surface area (Å²) >= 11 is 0. The fourth-order valence-electron chi connectivity index (χ4n) is 4.83. The number of nitrogens with two attached hydrogens (primary N) is 1. The first-order valence-electron chi connectivity index (χ1n) is 11.2. The fraction of sp³-hybridized carbons (Fsp3) is 0.727. The van der Waals surface area contributed by atoms with E-state index >= 15 is 0 Å². The number of hydrogen-bond acceptors (Lipinski definition) is 7. The van der Waals surface area contributed by atoms with Gasteiger partial charge < -0.3 is 25.0 Å². The van der Waals surface area contributed by atoms with E-state index in [1.165, 1.54) is 19.1 Å². The number of hydrogen-bond donors (Lipinski definition) is 1. The van der Waals surface area contributed by atoms with Gasteiger partial charge in [-0.1, -0.05) is 0 Å². The molecule has 1 aromatic rings. The van der Waals surface area contributed by atoms with Crippen molar-refractivity contribution < 1.29 is 27.8 Å². The molecule has 33 heavy (non-hydrogen) atoms. The van der Waals surface area contributed by atoms with Crippen molar-refractivity contribution in [1.29, 1.82) is 0 Å². The molecule has 9 nitrogen and oxygen atoms in total. The third kappa shape index (κ3) is 5.69. The molecule has 1 aliphatic carbocycles. The minimum atomic E-state index is -2.91. The summed E-state index contributed by atoms with van der Waals surface area (Å²) in [5.74, 6) is -4.12. The number of carbonyl (C=O) groups excluding carboxylic acids is 2. The van der Waals surface area contributed by atoms with Crippen LogP contribution in [0.15, 0.2) is 6.07 Å². The largest absolute Gasteiger partial charge is 0.481 e. The number of aromatic nitrogens is 2. The van der Waals surface area contributed by atoms with Gasteiger partial charge in [-0.3, -0.25) is 9.59 Å². The lowest BCUT2D eigenvalue weighted by molar-refractivity contribution is -0.144.